The van der Waals surface area contributed by atoms with Crippen LogP contribution >= 0.6 is 11.3 Å². The number of aliphatic hydroxyl groups is 1. The summed E-state index contributed by atoms with van der Waals surface area (Å²) in [5.74, 6) is -0.840. The average molecular weight is 465 g/mol. The van der Waals surface area contributed by atoms with Gasteiger partial charge < -0.3 is 10.4 Å². The average Bonchev–Trinajstić information content (AvgIpc) is 3.00. The highest BCUT2D eigenvalue weighted by Gasteiger charge is 2.51. The minimum Gasteiger partial charge on any atom is -0.385 e. The molecular formula is C21H25FN4O3S2. The Morgan fingerprint density at radius 3 is 2.71 bits per heavy atom. The van der Waals surface area contributed by atoms with Crippen LogP contribution in [-0.2, 0) is 40.2 Å². The summed E-state index contributed by atoms with van der Waals surface area (Å²) in [5.41, 5.74) is 3.77. The molecule has 3 aliphatic carbocycles. The molecule has 1 unspecified atom stereocenters. The van der Waals surface area contributed by atoms with Crippen LogP contribution in [0.25, 0.3) is 0 Å². The van der Waals surface area contributed by atoms with Gasteiger partial charge in [-0.3, -0.25) is 4.98 Å². The van der Waals surface area contributed by atoms with E-state index in [9.17, 15) is 18.5 Å². The lowest BCUT2D eigenvalue weighted by Crippen LogP contribution is -2.19. The van der Waals surface area contributed by atoms with E-state index in [0.717, 1.165) is 90.6 Å². The van der Waals surface area contributed by atoms with Gasteiger partial charge in [-0.1, -0.05) is 0 Å². The highest BCUT2D eigenvalue weighted by molar-refractivity contribution is 7.93. The highest BCUT2D eigenvalue weighted by atomic mass is 32.2. The number of nitrogens with one attached hydrogen (secondary N) is 1. The maximum atomic E-state index is 14.4. The molecule has 7 nitrogen and oxygen atoms in total. The Balaban J connectivity index is 1.50. The van der Waals surface area contributed by atoms with Crippen LogP contribution in [-0.4, -0.2) is 20.3 Å². The van der Waals surface area contributed by atoms with Crippen molar-refractivity contribution >= 4 is 33.0 Å². The standard InChI is InChI=1S/C21H25FN4O3S2/c1-20(2,28)15-10-13(22)18(30-15)31(23,29)26-19(27)25-16-11-4-3-5-14(11)24-17-12(16)6-7-21(17)8-9-21/h10,28H,3-9H2,1-2H3,(H3,23,24,25,26,27,29). The molecule has 1 atom stereocenters. The molecule has 2 amide bonds. The van der Waals surface area contributed by atoms with Gasteiger partial charge in [-0.25, -0.2) is 18.5 Å². The Bertz CT molecular complexity index is 1230. The molecule has 31 heavy (non-hydrogen) atoms. The quantitative estimate of drug-likeness (QED) is 0.638. The number of carbonyl (C=O) groups excluding carboxylic acids is 1. The number of urea groups is 1. The molecule has 1 saturated carbocycles. The molecular weight excluding hydrogens is 439 g/mol. The third-order valence-electron chi connectivity index (χ3n) is 6.51. The summed E-state index contributed by atoms with van der Waals surface area (Å²) in [6.45, 7) is 2.98. The number of nitrogens with two attached hydrogens (primary N) is 1. The molecule has 0 aliphatic heterocycles. The molecule has 10 heteroatoms. The second kappa shape index (κ2) is 6.81. The molecule has 4 N–H and O–H groups in total. The van der Waals surface area contributed by atoms with Gasteiger partial charge in [0.05, 0.1) is 17.0 Å². The van der Waals surface area contributed by atoms with Gasteiger partial charge in [0, 0.05) is 16.0 Å². The number of fused-ring (bicyclic) bond motifs is 3. The van der Waals surface area contributed by atoms with E-state index < -0.39 is 27.4 Å². The van der Waals surface area contributed by atoms with Crippen molar-refractivity contribution in [3.8, 4) is 0 Å². The Morgan fingerprint density at radius 2 is 2.06 bits per heavy atom. The molecule has 3 aliphatic rings. The maximum absolute atomic E-state index is 14.4. The number of pyridine rings is 1. The summed E-state index contributed by atoms with van der Waals surface area (Å²) in [5, 5.41) is 18.7. The normalized spacial score (nSPS) is 20.3. The van der Waals surface area contributed by atoms with Gasteiger partial charge in [0.2, 0.25) is 0 Å². The number of rotatable bonds is 3. The van der Waals surface area contributed by atoms with Crippen molar-refractivity contribution in [2.75, 3.05) is 5.32 Å². The fourth-order valence-corrected chi connectivity index (χ4v) is 7.06. The van der Waals surface area contributed by atoms with Crippen molar-refractivity contribution in [3.05, 3.63) is 39.3 Å². The van der Waals surface area contributed by atoms with E-state index >= 15 is 0 Å². The third-order valence-corrected chi connectivity index (χ3v) is 9.86. The lowest BCUT2D eigenvalue weighted by Gasteiger charge is -2.16. The molecule has 0 bridgehead atoms. The number of carbonyl (C=O) groups is 1. The van der Waals surface area contributed by atoms with Crippen molar-refractivity contribution in [1.82, 2.24) is 4.98 Å². The lowest BCUT2D eigenvalue weighted by atomic mass is 10.0. The van der Waals surface area contributed by atoms with Crippen molar-refractivity contribution in [3.63, 3.8) is 0 Å². The van der Waals surface area contributed by atoms with E-state index in [-0.39, 0.29) is 14.5 Å². The van der Waals surface area contributed by atoms with Crippen LogP contribution in [0.5, 0.6) is 0 Å². The highest BCUT2D eigenvalue weighted by Crippen LogP contribution is 2.58. The van der Waals surface area contributed by atoms with Crippen LogP contribution in [0.1, 0.15) is 66.9 Å². The number of nitrogens with zero attached hydrogens (tertiary/aromatic N) is 2. The maximum Gasteiger partial charge on any atom is 0.354 e. The Labute approximate surface area is 184 Å². The zero-order valence-electron chi connectivity index (χ0n) is 17.5. The summed E-state index contributed by atoms with van der Waals surface area (Å²) in [4.78, 5) is 18.0. The van der Waals surface area contributed by atoms with Gasteiger partial charge >= 0.3 is 6.03 Å². The number of amides is 2. The van der Waals surface area contributed by atoms with E-state index in [0.29, 0.717) is 0 Å². The van der Waals surface area contributed by atoms with Crippen LogP contribution in [0, 0.1) is 5.82 Å². The first-order valence-corrected chi connectivity index (χ1v) is 12.8. The predicted molar refractivity (Wildman–Crippen MR) is 117 cm³/mol. The molecule has 0 radical (unpaired) electrons. The van der Waals surface area contributed by atoms with Gasteiger partial charge in [0.15, 0.2) is 19.9 Å². The fourth-order valence-electron chi connectivity index (χ4n) is 4.72. The van der Waals surface area contributed by atoms with Gasteiger partial charge in [0.1, 0.15) is 0 Å². The number of halogens is 1. The number of hydrogen-bond donors (Lipinski definition) is 3. The molecule has 2 heterocycles. The fraction of sp³-hybridized carbons (Fsp3) is 0.524. The first-order chi connectivity index (χ1) is 14.5. The van der Waals surface area contributed by atoms with E-state index in [1.165, 1.54) is 13.8 Å². The monoisotopic (exact) mass is 464 g/mol. The van der Waals surface area contributed by atoms with Crippen LogP contribution in [0.2, 0.25) is 0 Å². The molecule has 2 aromatic heterocycles. The summed E-state index contributed by atoms with van der Waals surface area (Å²) in [6, 6.07) is 0.224. The van der Waals surface area contributed by atoms with E-state index in [1.807, 2.05) is 0 Å². The number of hydrogen-bond acceptors (Lipinski definition) is 5. The zero-order valence-corrected chi connectivity index (χ0v) is 19.1. The molecule has 1 fully saturated rings. The molecule has 166 valence electrons. The second-order valence-electron chi connectivity index (χ2n) is 9.27. The van der Waals surface area contributed by atoms with Gasteiger partial charge in [-0.15, -0.1) is 15.7 Å². The second-order valence-corrected chi connectivity index (χ2v) is 12.3. The molecule has 0 saturated heterocycles. The molecule has 2 aromatic rings. The summed E-state index contributed by atoms with van der Waals surface area (Å²) in [7, 11) is -3.81. The Hall–Kier alpha value is -1.88. The largest absolute Gasteiger partial charge is 0.385 e. The summed E-state index contributed by atoms with van der Waals surface area (Å²) >= 11 is 0.761. The summed E-state index contributed by atoms with van der Waals surface area (Å²) in [6.07, 6.45) is 6.82. The van der Waals surface area contributed by atoms with Crippen molar-refractivity contribution < 1.29 is 18.5 Å². The lowest BCUT2D eigenvalue weighted by molar-refractivity contribution is 0.0823. The summed E-state index contributed by atoms with van der Waals surface area (Å²) < 4.78 is 30.7. The smallest absolute Gasteiger partial charge is 0.354 e. The topological polar surface area (TPSA) is 118 Å². The third kappa shape index (κ3) is 3.49. The first-order valence-electron chi connectivity index (χ1n) is 10.4. The van der Waals surface area contributed by atoms with Crippen molar-refractivity contribution in [1.29, 1.82) is 0 Å². The van der Waals surface area contributed by atoms with E-state index in [2.05, 4.69) is 9.68 Å². The molecule has 5 rings (SSSR count). The van der Waals surface area contributed by atoms with Gasteiger partial charge in [-0.05, 0) is 76.0 Å². The number of anilines is 1. The number of aromatic nitrogens is 1. The van der Waals surface area contributed by atoms with Crippen molar-refractivity contribution in [2.45, 2.75) is 74.0 Å². The van der Waals surface area contributed by atoms with Crippen LogP contribution in [0.3, 0.4) is 0 Å². The number of thiophene rings is 1. The Kier molecular flexibility index (Phi) is 4.61. The molecule has 1 spiro atoms. The van der Waals surface area contributed by atoms with E-state index in [4.69, 9.17) is 10.1 Å². The van der Waals surface area contributed by atoms with E-state index in [1.54, 1.807) is 0 Å². The van der Waals surface area contributed by atoms with Gasteiger partial charge in [-0.2, -0.15) is 0 Å². The first kappa shape index (κ1) is 21.0. The van der Waals surface area contributed by atoms with Crippen molar-refractivity contribution in [2.24, 2.45) is 9.50 Å². The van der Waals surface area contributed by atoms with Crippen LogP contribution in [0.4, 0.5) is 14.9 Å². The molecule has 0 aromatic carbocycles. The van der Waals surface area contributed by atoms with Crippen LogP contribution < -0.4 is 10.5 Å². The zero-order chi connectivity index (χ0) is 22.2. The Morgan fingerprint density at radius 1 is 1.32 bits per heavy atom. The minimum atomic E-state index is -3.81. The van der Waals surface area contributed by atoms with Gasteiger partial charge in [0.25, 0.3) is 0 Å². The SMILES string of the molecule is CC(C)(O)c1cc(F)c(S(N)(=O)=NC(=O)Nc2c3c(nc4c2CCC42CC2)CCC3)s1. The number of aryl methyl sites for hydroxylation is 1. The predicted octanol–water partition coefficient (Wildman–Crippen LogP) is 3.91. The van der Waals surface area contributed by atoms with Crippen LogP contribution in [0.15, 0.2) is 14.6 Å². The minimum absolute atomic E-state index is 0.165.